The van der Waals surface area contributed by atoms with E-state index in [0.717, 1.165) is 25.1 Å². The number of rotatable bonds is 20. The van der Waals surface area contributed by atoms with Crippen molar-refractivity contribution in [2.45, 2.75) is 103 Å². The second-order valence-corrected chi connectivity index (χ2v) is 8.54. The Kier molecular flexibility index (Phi) is 15.3. The molecule has 0 amide bonds. The van der Waals surface area contributed by atoms with Gasteiger partial charge in [-0.3, -0.25) is 0 Å². The number of carbonyl (C=O) groups is 1. The van der Waals surface area contributed by atoms with Crippen LogP contribution in [0.25, 0.3) is 0 Å². The first-order valence-corrected chi connectivity index (χ1v) is 12.2. The van der Waals surface area contributed by atoms with E-state index in [1.807, 2.05) is 0 Å². The minimum absolute atomic E-state index is 0.0654. The predicted molar refractivity (Wildman–Crippen MR) is 123 cm³/mol. The van der Waals surface area contributed by atoms with E-state index in [2.05, 4.69) is 24.1 Å². The molecule has 0 radical (unpaired) electrons. The minimum Gasteiger partial charge on any atom is -0.544 e. The van der Waals surface area contributed by atoms with Crippen molar-refractivity contribution in [2.75, 3.05) is 19.7 Å². The summed E-state index contributed by atoms with van der Waals surface area (Å²) in [6.45, 7) is 2.39. The number of aliphatic carboxylic acids is 1. The van der Waals surface area contributed by atoms with Gasteiger partial charge in [-0.1, -0.05) is 76.9 Å². The van der Waals surface area contributed by atoms with E-state index < -0.39 is 5.97 Å². The van der Waals surface area contributed by atoms with E-state index in [1.54, 1.807) is 12.4 Å². The third-order valence-corrected chi connectivity index (χ3v) is 5.91. The number of carboxylic acid groups (broad SMARTS) is 1. The second kappa shape index (κ2) is 17.2. The van der Waals surface area contributed by atoms with Gasteiger partial charge in [0.15, 0.2) is 0 Å². The Balaban J connectivity index is 2.00. The fraction of sp³-hybridized carbons (Fsp3) is 0.760. The Morgan fingerprint density at radius 1 is 0.967 bits per heavy atom. The van der Waals surface area contributed by atoms with E-state index >= 15 is 0 Å². The summed E-state index contributed by atoms with van der Waals surface area (Å²) in [5.41, 5.74) is 0. The Bertz CT molecular complexity index is 543. The molecule has 0 aromatic carbocycles. The standard InChI is InChI=1S/C25H44N2O3/c1-2-3-4-5-6-7-8-9-10-11-12-13-14-15-16-17-18-24-26-19-20-27(24,21-22-28)23-25(29)30/h9-10,19-20,28H,2-8,11-18,21-23H2,1H3/b10-9-. The Hall–Kier alpha value is -1.46. The molecule has 1 unspecified atom stereocenters. The smallest absolute Gasteiger partial charge is 0.207 e. The first-order chi connectivity index (χ1) is 14.6. The van der Waals surface area contributed by atoms with Crippen molar-refractivity contribution in [3.05, 3.63) is 24.6 Å². The molecule has 0 saturated carbocycles. The number of aliphatic hydroxyl groups excluding tert-OH is 1. The number of aliphatic hydroxyl groups is 1. The van der Waals surface area contributed by atoms with Crippen molar-refractivity contribution >= 4 is 11.8 Å². The molecular weight excluding hydrogens is 376 g/mol. The molecule has 0 aliphatic carbocycles. The van der Waals surface area contributed by atoms with Crippen molar-refractivity contribution in [3.63, 3.8) is 0 Å². The van der Waals surface area contributed by atoms with Gasteiger partial charge in [0, 0.05) is 6.42 Å². The molecule has 0 fully saturated rings. The van der Waals surface area contributed by atoms with Crippen molar-refractivity contribution < 1.29 is 19.5 Å². The van der Waals surface area contributed by atoms with Gasteiger partial charge < -0.3 is 15.0 Å². The molecule has 0 saturated heterocycles. The summed E-state index contributed by atoms with van der Waals surface area (Å²) in [4.78, 5) is 15.5. The highest BCUT2D eigenvalue weighted by molar-refractivity contribution is 5.80. The first kappa shape index (κ1) is 26.6. The lowest BCUT2D eigenvalue weighted by molar-refractivity contribution is -0.783. The van der Waals surface area contributed by atoms with Crippen LogP contribution in [0, 0.1) is 0 Å². The average Bonchev–Trinajstić information content (AvgIpc) is 3.09. The number of carboxylic acids is 1. The number of aliphatic imine (C=N–C) groups is 1. The van der Waals surface area contributed by atoms with Gasteiger partial charge in [0.2, 0.25) is 5.84 Å². The van der Waals surface area contributed by atoms with Gasteiger partial charge in [0.05, 0.1) is 18.8 Å². The number of carbonyl (C=O) groups excluding carboxylic acids is 1. The molecule has 30 heavy (non-hydrogen) atoms. The SMILES string of the molecule is CCCCCCCC/C=C\CCCCCCCCC1=NC=C[N+]1(CCO)CC(=O)[O-]. The van der Waals surface area contributed by atoms with Crippen LogP contribution in [0.5, 0.6) is 0 Å². The number of hydrogen-bond acceptors (Lipinski definition) is 4. The van der Waals surface area contributed by atoms with Gasteiger partial charge in [0.25, 0.3) is 0 Å². The third kappa shape index (κ3) is 11.7. The zero-order valence-electron chi connectivity index (χ0n) is 19.2. The molecule has 1 aliphatic rings. The highest BCUT2D eigenvalue weighted by Gasteiger charge is 2.34. The van der Waals surface area contributed by atoms with Gasteiger partial charge in [-0.2, -0.15) is 0 Å². The van der Waals surface area contributed by atoms with Gasteiger partial charge >= 0.3 is 0 Å². The quantitative estimate of drug-likeness (QED) is 0.174. The van der Waals surface area contributed by atoms with Gasteiger partial charge in [-0.05, 0) is 32.1 Å². The molecule has 1 heterocycles. The van der Waals surface area contributed by atoms with E-state index in [4.69, 9.17) is 0 Å². The molecule has 5 heteroatoms. The van der Waals surface area contributed by atoms with Crippen molar-refractivity contribution in [3.8, 4) is 0 Å². The van der Waals surface area contributed by atoms with Crippen LogP contribution in [0.1, 0.15) is 103 Å². The van der Waals surface area contributed by atoms with Crippen LogP contribution in [0.2, 0.25) is 0 Å². The molecular formula is C25H44N2O3. The van der Waals surface area contributed by atoms with Crippen molar-refractivity contribution in [1.29, 1.82) is 0 Å². The van der Waals surface area contributed by atoms with E-state index in [0.29, 0.717) is 6.54 Å². The summed E-state index contributed by atoms with van der Waals surface area (Å²) >= 11 is 0. The number of allylic oxidation sites excluding steroid dienone is 2. The summed E-state index contributed by atoms with van der Waals surface area (Å²) < 4.78 is 0.115. The van der Waals surface area contributed by atoms with E-state index in [1.165, 1.54) is 77.0 Å². The number of nitrogens with zero attached hydrogens (tertiary/aromatic N) is 2. The molecule has 1 rings (SSSR count). The Labute approximate surface area is 184 Å². The molecule has 1 atom stereocenters. The summed E-state index contributed by atoms with van der Waals surface area (Å²) in [6.07, 6.45) is 26.7. The second-order valence-electron chi connectivity index (χ2n) is 8.54. The number of amidine groups is 1. The van der Waals surface area contributed by atoms with Crippen LogP contribution >= 0.6 is 0 Å². The monoisotopic (exact) mass is 420 g/mol. The van der Waals surface area contributed by atoms with E-state index in [-0.39, 0.29) is 17.6 Å². The highest BCUT2D eigenvalue weighted by atomic mass is 16.4. The minimum atomic E-state index is -1.11. The van der Waals surface area contributed by atoms with Crippen LogP contribution in [0.3, 0.4) is 0 Å². The fourth-order valence-corrected chi connectivity index (χ4v) is 4.10. The van der Waals surface area contributed by atoms with Gasteiger partial charge in [-0.15, -0.1) is 0 Å². The topological polar surface area (TPSA) is 72.7 Å². The highest BCUT2D eigenvalue weighted by Crippen LogP contribution is 2.21. The average molecular weight is 421 g/mol. The summed E-state index contributed by atoms with van der Waals surface area (Å²) in [7, 11) is 0. The number of quaternary nitrogens is 1. The lowest BCUT2D eigenvalue weighted by Gasteiger charge is -2.32. The molecule has 0 bridgehead atoms. The van der Waals surface area contributed by atoms with Crippen LogP contribution in [-0.2, 0) is 4.79 Å². The zero-order valence-corrected chi connectivity index (χ0v) is 19.2. The van der Waals surface area contributed by atoms with Crippen molar-refractivity contribution in [2.24, 2.45) is 4.99 Å². The molecule has 172 valence electrons. The fourth-order valence-electron chi connectivity index (χ4n) is 4.10. The normalized spacial score (nSPS) is 18.4. The number of hydrogen-bond donors (Lipinski definition) is 1. The third-order valence-electron chi connectivity index (χ3n) is 5.91. The molecule has 0 spiro atoms. The first-order valence-electron chi connectivity index (χ1n) is 12.2. The maximum absolute atomic E-state index is 11.1. The predicted octanol–water partition coefficient (Wildman–Crippen LogP) is 4.86. The van der Waals surface area contributed by atoms with Crippen LogP contribution in [-0.4, -0.2) is 41.1 Å². The summed E-state index contributed by atoms with van der Waals surface area (Å²) in [6, 6.07) is 0. The van der Waals surface area contributed by atoms with E-state index in [9.17, 15) is 15.0 Å². The largest absolute Gasteiger partial charge is 0.544 e. The molecule has 0 aromatic heterocycles. The van der Waals surface area contributed by atoms with Crippen LogP contribution in [0.4, 0.5) is 0 Å². The molecule has 1 N–H and O–H groups in total. The van der Waals surface area contributed by atoms with Gasteiger partial charge in [-0.25, -0.2) is 9.48 Å². The Morgan fingerprint density at radius 3 is 2.10 bits per heavy atom. The maximum Gasteiger partial charge on any atom is 0.207 e. The molecule has 0 aromatic rings. The lowest BCUT2D eigenvalue weighted by Crippen LogP contribution is -2.54. The number of unbranched alkanes of at least 4 members (excludes halogenated alkanes) is 12. The molecule has 5 nitrogen and oxygen atoms in total. The Morgan fingerprint density at radius 2 is 1.53 bits per heavy atom. The lowest BCUT2D eigenvalue weighted by atomic mass is 10.1. The summed E-state index contributed by atoms with van der Waals surface area (Å²) in [5.74, 6) is -0.271. The van der Waals surface area contributed by atoms with Crippen LogP contribution < -0.4 is 5.11 Å². The van der Waals surface area contributed by atoms with Gasteiger partial charge in [0.1, 0.15) is 19.3 Å². The summed E-state index contributed by atoms with van der Waals surface area (Å²) in [5, 5.41) is 20.4. The van der Waals surface area contributed by atoms with Crippen molar-refractivity contribution in [1.82, 2.24) is 0 Å². The van der Waals surface area contributed by atoms with Crippen LogP contribution in [0.15, 0.2) is 29.5 Å². The molecule has 1 aliphatic heterocycles. The maximum atomic E-state index is 11.1. The zero-order chi connectivity index (χ0) is 21.9.